The standard InChI is InChI=1S/C14H19ClN2S2/c1-2-19-10-7-6-9(8-10)17-12-5-3-4-11(15)13(12)14(16)18/h3-5,9-10,17H,2,6-8H2,1H3,(H2,16,18). The van der Waals surface area contributed by atoms with Gasteiger partial charge in [-0.1, -0.05) is 36.8 Å². The Kier molecular flexibility index (Phi) is 5.37. The zero-order chi connectivity index (χ0) is 13.8. The minimum Gasteiger partial charge on any atom is -0.389 e. The van der Waals surface area contributed by atoms with Gasteiger partial charge in [0.15, 0.2) is 0 Å². The third-order valence-electron chi connectivity index (χ3n) is 3.41. The second-order valence-electron chi connectivity index (χ2n) is 4.76. The van der Waals surface area contributed by atoms with Gasteiger partial charge in [-0.2, -0.15) is 11.8 Å². The molecule has 0 aliphatic heterocycles. The maximum atomic E-state index is 6.18. The summed E-state index contributed by atoms with van der Waals surface area (Å²) in [6.07, 6.45) is 3.67. The van der Waals surface area contributed by atoms with Crippen LogP contribution in [0.4, 0.5) is 5.69 Å². The highest BCUT2D eigenvalue weighted by Gasteiger charge is 2.25. The molecule has 2 nitrogen and oxygen atoms in total. The van der Waals surface area contributed by atoms with Crippen molar-refractivity contribution in [1.82, 2.24) is 0 Å². The average molecular weight is 315 g/mol. The third-order valence-corrected chi connectivity index (χ3v) is 5.16. The number of thiocarbonyl (C=S) groups is 1. The van der Waals surface area contributed by atoms with E-state index in [-0.39, 0.29) is 0 Å². The molecule has 0 heterocycles. The molecule has 0 saturated heterocycles. The van der Waals surface area contributed by atoms with E-state index in [9.17, 15) is 0 Å². The summed E-state index contributed by atoms with van der Waals surface area (Å²) >= 11 is 13.3. The van der Waals surface area contributed by atoms with Gasteiger partial charge in [0, 0.05) is 17.0 Å². The van der Waals surface area contributed by atoms with Crippen molar-refractivity contribution in [2.75, 3.05) is 11.1 Å². The molecule has 1 fully saturated rings. The van der Waals surface area contributed by atoms with Gasteiger partial charge < -0.3 is 11.1 Å². The number of anilines is 1. The van der Waals surface area contributed by atoms with E-state index in [0.29, 0.717) is 16.1 Å². The molecule has 1 aliphatic carbocycles. The molecule has 1 aromatic carbocycles. The molecule has 2 atom stereocenters. The number of benzene rings is 1. The zero-order valence-electron chi connectivity index (χ0n) is 11.0. The van der Waals surface area contributed by atoms with E-state index in [1.165, 1.54) is 25.0 Å². The van der Waals surface area contributed by atoms with E-state index >= 15 is 0 Å². The molecule has 2 rings (SSSR count). The Bertz CT molecular complexity index is 465. The number of nitrogens with two attached hydrogens (primary N) is 1. The van der Waals surface area contributed by atoms with Crippen LogP contribution in [0, 0.1) is 0 Å². The SMILES string of the molecule is CCSC1CCC(Nc2cccc(Cl)c2C(N)=S)C1. The number of rotatable bonds is 5. The molecule has 0 bridgehead atoms. The number of nitrogens with one attached hydrogen (secondary N) is 1. The summed E-state index contributed by atoms with van der Waals surface area (Å²) in [6.45, 7) is 2.22. The van der Waals surface area contributed by atoms with Crippen LogP contribution in [0.1, 0.15) is 31.7 Å². The molecule has 104 valence electrons. The summed E-state index contributed by atoms with van der Waals surface area (Å²) in [7, 11) is 0. The van der Waals surface area contributed by atoms with E-state index in [4.69, 9.17) is 29.6 Å². The van der Waals surface area contributed by atoms with E-state index in [0.717, 1.165) is 16.5 Å². The van der Waals surface area contributed by atoms with Crippen LogP contribution in [0.3, 0.4) is 0 Å². The number of thioether (sulfide) groups is 1. The van der Waals surface area contributed by atoms with Crippen molar-refractivity contribution in [3.05, 3.63) is 28.8 Å². The normalized spacial score (nSPS) is 22.4. The molecule has 0 aromatic heterocycles. The van der Waals surface area contributed by atoms with Crippen LogP contribution >= 0.6 is 35.6 Å². The summed E-state index contributed by atoms with van der Waals surface area (Å²) in [5, 5.41) is 4.95. The summed E-state index contributed by atoms with van der Waals surface area (Å²) in [5.74, 6) is 1.19. The molecule has 2 unspecified atom stereocenters. The van der Waals surface area contributed by atoms with Crippen LogP contribution in [0.25, 0.3) is 0 Å². The highest BCUT2D eigenvalue weighted by atomic mass is 35.5. The van der Waals surface area contributed by atoms with E-state index in [1.807, 2.05) is 18.2 Å². The maximum Gasteiger partial charge on any atom is 0.107 e. The zero-order valence-corrected chi connectivity index (χ0v) is 13.4. The molecular weight excluding hydrogens is 296 g/mol. The van der Waals surface area contributed by atoms with Gasteiger partial charge in [-0.3, -0.25) is 0 Å². The molecular formula is C14H19ClN2S2. The summed E-state index contributed by atoms with van der Waals surface area (Å²) in [6, 6.07) is 6.25. The molecule has 0 spiro atoms. The van der Waals surface area contributed by atoms with Gasteiger partial charge in [0.2, 0.25) is 0 Å². The summed E-state index contributed by atoms with van der Waals surface area (Å²) in [4.78, 5) is 0.352. The second-order valence-corrected chi connectivity index (χ2v) is 7.18. The molecule has 19 heavy (non-hydrogen) atoms. The monoisotopic (exact) mass is 314 g/mol. The lowest BCUT2D eigenvalue weighted by Crippen LogP contribution is -2.20. The van der Waals surface area contributed by atoms with Gasteiger partial charge in [-0.25, -0.2) is 0 Å². The minimum absolute atomic E-state index is 0.352. The fourth-order valence-electron chi connectivity index (χ4n) is 2.57. The summed E-state index contributed by atoms with van der Waals surface area (Å²) < 4.78 is 0. The predicted octanol–water partition coefficient (Wildman–Crippen LogP) is 4.06. The van der Waals surface area contributed by atoms with Crippen LogP contribution in [-0.4, -0.2) is 22.0 Å². The van der Waals surface area contributed by atoms with Gasteiger partial charge in [0.25, 0.3) is 0 Å². The van der Waals surface area contributed by atoms with Crippen molar-refractivity contribution in [3.8, 4) is 0 Å². The summed E-state index contributed by atoms with van der Waals surface area (Å²) in [5.41, 5.74) is 7.50. The fourth-order valence-corrected chi connectivity index (χ4v) is 4.27. The van der Waals surface area contributed by atoms with Crippen molar-refractivity contribution in [2.45, 2.75) is 37.5 Å². The minimum atomic E-state index is 0.352. The van der Waals surface area contributed by atoms with Crippen LogP contribution in [0.15, 0.2) is 18.2 Å². The number of halogens is 1. The van der Waals surface area contributed by atoms with Crippen LogP contribution in [-0.2, 0) is 0 Å². The quantitative estimate of drug-likeness (QED) is 0.804. The van der Waals surface area contributed by atoms with Crippen molar-refractivity contribution < 1.29 is 0 Å². The van der Waals surface area contributed by atoms with Gasteiger partial charge in [0.05, 0.1) is 10.6 Å². The first kappa shape index (κ1) is 14.9. The molecule has 0 amide bonds. The smallest absolute Gasteiger partial charge is 0.107 e. The van der Waals surface area contributed by atoms with Crippen molar-refractivity contribution in [2.24, 2.45) is 5.73 Å². The predicted molar refractivity (Wildman–Crippen MR) is 90.5 cm³/mol. The number of hydrogen-bond acceptors (Lipinski definition) is 3. The molecule has 3 N–H and O–H groups in total. The van der Waals surface area contributed by atoms with Gasteiger partial charge in [-0.15, -0.1) is 0 Å². The Balaban J connectivity index is 2.08. The highest BCUT2D eigenvalue weighted by molar-refractivity contribution is 7.99. The first-order chi connectivity index (χ1) is 9.11. The number of hydrogen-bond donors (Lipinski definition) is 2. The Labute approximate surface area is 129 Å². The average Bonchev–Trinajstić information content (AvgIpc) is 2.76. The van der Waals surface area contributed by atoms with Crippen molar-refractivity contribution in [3.63, 3.8) is 0 Å². The van der Waals surface area contributed by atoms with E-state index in [2.05, 4.69) is 24.0 Å². The van der Waals surface area contributed by atoms with Crippen LogP contribution in [0.5, 0.6) is 0 Å². The van der Waals surface area contributed by atoms with Crippen LogP contribution in [0.2, 0.25) is 5.02 Å². The molecule has 1 aromatic rings. The lowest BCUT2D eigenvalue weighted by atomic mass is 10.1. The van der Waals surface area contributed by atoms with Gasteiger partial charge in [0.1, 0.15) is 4.99 Å². The highest BCUT2D eigenvalue weighted by Crippen LogP contribution is 2.33. The van der Waals surface area contributed by atoms with Crippen LogP contribution < -0.4 is 11.1 Å². The molecule has 1 saturated carbocycles. The molecule has 5 heteroatoms. The Hall–Kier alpha value is -0.450. The Morgan fingerprint density at radius 2 is 2.32 bits per heavy atom. The fraction of sp³-hybridized carbons (Fsp3) is 0.500. The van der Waals surface area contributed by atoms with Crippen molar-refractivity contribution >= 4 is 46.3 Å². The van der Waals surface area contributed by atoms with E-state index < -0.39 is 0 Å². The molecule has 1 aliphatic rings. The van der Waals surface area contributed by atoms with Crippen molar-refractivity contribution in [1.29, 1.82) is 0 Å². The lowest BCUT2D eigenvalue weighted by molar-refractivity contribution is 0.757. The van der Waals surface area contributed by atoms with Gasteiger partial charge in [-0.05, 0) is 37.1 Å². The molecule has 0 radical (unpaired) electrons. The third kappa shape index (κ3) is 3.77. The lowest BCUT2D eigenvalue weighted by Gasteiger charge is -2.18. The van der Waals surface area contributed by atoms with Gasteiger partial charge >= 0.3 is 0 Å². The van der Waals surface area contributed by atoms with E-state index in [1.54, 1.807) is 0 Å². The first-order valence-corrected chi connectivity index (χ1v) is 8.41. The maximum absolute atomic E-state index is 6.18. The topological polar surface area (TPSA) is 38.0 Å². The first-order valence-electron chi connectivity index (χ1n) is 6.58. The largest absolute Gasteiger partial charge is 0.389 e. The Morgan fingerprint density at radius 3 is 3.00 bits per heavy atom. The second kappa shape index (κ2) is 6.82. The Morgan fingerprint density at radius 1 is 1.53 bits per heavy atom.